The van der Waals surface area contributed by atoms with Gasteiger partial charge in [-0.2, -0.15) is 0 Å². The number of nitrogens with zero attached hydrogens (tertiary/aromatic N) is 1. The Morgan fingerprint density at radius 1 is 1.45 bits per heavy atom. The van der Waals surface area contributed by atoms with E-state index in [0.717, 1.165) is 14.7 Å². The second-order valence-corrected chi connectivity index (χ2v) is 7.88. The van der Waals surface area contributed by atoms with E-state index in [0.29, 0.717) is 5.01 Å². The fraction of sp³-hybridized carbons (Fsp3) is 0.273. The molecule has 0 atom stereocenters. The maximum Gasteiger partial charge on any atom is 0.226 e. The highest BCUT2D eigenvalue weighted by molar-refractivity contribution is 9.10. The lowest BCUT2D eigenvalue weighted by Gasteiger charge is -2.02. The lowest BCUT2D eigenvalue weighted by molar-refractivity contribution is -0.120. The third-order valence-electron chi connectivity index (χ3n) is 2.42. The Hall–Kier alpha value is -1.03. The largest absolute Gasteiger partial charge is 0.355 e. The van der Waals surface area contributed by atoms with E-state index in [1.807, 2.05) is 18.2 Å². The lowest BCUT2D eigenvalue weighted by atomic mass is 10.3. The van der Waals surface area contributed by atoms with Crippen LogP contribution in [0.3, 0.4) is 0 Å². The molecule has 0 bridgehead atoms. The van der Waals surface area contributed by atoms with Crippen LogP contribution in [0.2, 0.25) is 0 Å². The molecule has 0 aliphatic rings. The molecule has 0 spiro atoms. The number of benzene rings is 1. The smallest absolute Gasteiger partial charge is 0.226 e. The summed E-state index contributed by atoms with van der Waals surface area (Å²) in [6, 6.07) is 5.70. The molecule has 1 amide bonds. The molecule has 2 rings (SSSR count). The van der Waals surface area contributed by atoms with Gasteiger partial charge in [-0.25, -0.2) is 18.5 Å². The fourth-order valence-electron chi connectivity index (χ4n) is 1.55. The topological polar surface area (TPSA) is 102 Å². The van der Waals surface area contributed by atoms with Crippen molar-refractivity contribution in [2.24, 2.45) is 5.14 Å². The lowest BCUT2D eigenvalue weighted by Crippen LogP contribution is -2.32. The Balaban J connectivity index is 1.96. The molecule has 0 aliphatic carbocycles. The van der Waals surface area contributed by atoms with Crippen molar-refractivity contribution < 1.29 is 13.2 Å². The average molecular weight is 378 g/mol. The monoisotopic (exact) mass is 377 g/mol. The molecule has 0 fully saturated rings. The van der Waals surface area contributed by atoms with E-state index in [4.69, 9.17) is 5.14 Å². The Kier molecular flexibility index (Phi) is 4.74. The van der Waals surface area contributed by atoms with E-state index in [-0.39, 0.29) is 24.6 Å². The van der Waals surface area contributed by atoms with Gasteiger partial charge in [-0.1, -0.05) is 15.9 Å². The maximum atomic E-state index is 11.7. The van der Waals surface area contributed by atoms with Gasteiger partial charge in [-0.3, -0.25) is 4.79 Å². The molecule has 0 saturated heterocycles. The molecule has 0 aliphatic heterocycles. The summed E-state index contributed by atoms with van der Waals surface area (Å²) in [4.78, 5) is 16.0. The second-order valence-electron chi connectivity index (χ2n) is 4.11. The van der Waals surface area contributed by atoms with E-state index < -0.39 is 10.0 Å². The molecule has 3 N–H and O–H groups in total. The molecular weight excluding hydrogens is 366 g/mol. The predicted molar refractivity (Wildman–Crippen MR) is 82.0 cm³/mol. The molecule has 2 aromatic rings. The van der Waals surface area contributed by atoms with Crippen molar-refractivity contribution in [1.82, 2.24) is 10.3 Å². The highest BCUT2D eigenvalue weighted by atomic mass is 79.9. The summed E-state index contributed by atoms with van der Waals surface area (Å²) in [5.41, 5.74) is 0.838. The second kappa shape index (κ2) is 6.17. The summed E-state index contributed by atoms with van der Waals surface area (Å²) >= 11 is 4.81. The highest BCUT2D eigenvalue weighted by Gasteiger charge is 2.10. The molecule has 1 aromatic carbocycles. The first-order valence-electron chi connectivity index (χ1n) is 5.65. The minimum atomic E-state index is -3.55. The first-order chi connectivity index (χ1) is 9.33. The van der Waals surface area contributed by atoms with Crippen LogP contribution in [0.4, 0.5) is 0 Å². The molecule has 0 saturated carbocycles. The van der Waals surface area contributed by atoms with Gasteiger partial charge in [0.05, 0.1) is 22.4 Å². The first-order valence-corrected chi connectivity index (χ1v) is 8.98. The Labute approximate surface area is 128 Å². The van der Waals surface area contributed by atoms with Crippen LogP contribution in [0.1, 0.15) is 5.01 Å². The van der Waals surface area contributed by atoms with Crippen LogP contribution in [0, 0.1) is 0 Å². The Morgan fingerprint density at radius 2 is 2.20 bits per heavy atom. The number of sulfonamides is 1. The number of carbonyl (C=O) groups is 1. The van der Waals surface area contributed by atoms with Gasteiger partial charge in [0.25, 0.3) is 0 Å². The number of nitrogens with one attached hydrogen (secondary N) is 1. The van der Waals surface area contributed by atoms with E-state index in [2.05, 4.69) is 26.2 Å². The zero-order valence-corrected chi connectivity index (χ0v) is 13.5. The molecule has 0 radical (unpaired) electrons. The summed E-state index contributed by atoms with van der Waals surface area (Å²) in [5.74, 6) is -0.544. The summed E-state index contributed by atoms with van der Waals surface area (Å²) in [6.07, 6.45) is 0.127. The van der Waals surface area contributed by atoms with Gasteiger partial charge < -0.3 is 5.32 Å². The van der Waals surface area contributed by atoms with Crippen LogP contribution in [-0.4, -0.2) is 31.6 Å². The van der Waals surface area contributed by atoms with Crippen molar-refractivity contribution in [3.05, 3.63) is 27.7 Å². The van der Waals surface area contributed by atoms with E-state index in [1.54, 1.807) is 0 Å². The average Bonchev–Trinajstić information content (AvgIpc) is 2.68. The third kappa shape index (κ3) is 4.51. The predicted octanol–water partition coefficient (Wildman–Crippen LogP) is 1.01. The number of rotatable bonds is 5. The van der Waals surface area contributed by atoms with Gasteiger partial charge in [0.1, 0.15) is 5.01 Å². The van der Waals surface area contributed by atoms with Crippen molar-refractivity contribution in [1.29, 1.82) is 0 Å². The van der Waals surface area contributed by atoms with Crippen LogP contribution < -0.4 is 10.5 Å². The van der Waals surface area contributed by atoms with Crippen molar-refractivity contribution >= 4 is 53.4 Å². The van der Waals surface area contributed by atoms with Gasteiger partial charge in [0.15, 0.2) is 0 Å². The van der Waals surface area contributed by atoms with E-state index in [1.165, 1.54) is 11.3 Å². The third-order valence-corrected chi connectivity index (χ3v) is 4.70. The first kappa shape index (κ1) is 15.4. The van der Waals surface area contributed by atoms with Crippen molar-refractivity contribution in [3.8, 4) is 0 Å². The van der Waals surface area contributed by atoms with E-state index in [9.17, 15) is 13.2 Å². The maximum absolute atomic E-state index is 11.7. The van der Waals surface area contributed by atoms with Crippen molar-refractivity contribution in [2.45, 2.75) is 6.42 Å². The number of nitrogens with two attached hydrogens (primary N) is 1. The number of amides is 1. The van der Waals surface area contributed by atoms with Crippen molar-refractivity contribution in [2.75, 3.05) is 12.3 Å². The quantitative estimate of drug-likeness (QED) is 0.811. The molecule has 1 aromatic heterocycles. The van der Waals surface area contributed by atoms with E-state index >= 15 is 0 Å². The summed E-state index contributed by atoms with van der Waals surface area (Å²) in [6.45, 7) is 0.00805. The van der Waals surface area contributed by atoms with Gasteiger partial charge in [-0.15, -0.1) is 11.3 Å². The molecule has 0 unspecified atom stereocenters. The Bertz CT molecular complexity index is 742. The minimum Gasteiger partial charge on any atom is -0.355 e. The zero-order chi connectivity index (χ0) is 14.8. The van der Waals surface area contributed by atoms with Gasteiger partial charge in [-0.05, 0) is 18.2 Å². The standard InChI is InChI=1S/C11H12BrN3O3S2/c12-7-1-2-8-9(5-7)19-11(15-8)6-10(16)14-3-4-20(13,17)18/h1-2,5H,3-4,6H2,(H,14,16)(H2,13,17,18). The SMILES string of the molecule is NS(=O)(=O)CCNC(=O)Cc1nc2ccc(Br)cc2s1. The molecule has 9 heteroatoms. The van der Waals surface area contributed by atoms with Gasteiger partial charge in [0, 0.05) is 11.0 Å². The van der Waals surface area contributed by atoms with Crippen molar-refractivity contribution in [3.63, 3.8) is 0 Å². The van der Waals surface area contributed by atoms with Crippen LogP contribution in [0.5, 0.6) is 0 Å². The molecule has 108 valence electrons. The summed E-state index contributed by atoms with van der Waals surface area (Å²) < 4.78 is 23.4. The number of thiazole rings is 1. The number of carbonyl (C=O) groups excluding carboxylic acids is 1. The van der Waals surface area contributed by atoms with Crippen LogP contribution in [0.25, 0.3) is 10.2 Å². The number of aromatic nitrogens is 1. The number of hydrogen-bond acceptors (Lipinski definition) is 5. The molecular formula is C11H12BrN3O3S2. The summed E-state index contributed by atoms with van der Waals surface area (Å²) in [5, 5.41) is 8.03. The van der Waals surface area contributed by atoms with Crippen LogP contribution in [0.15, 0.2) is 22.7 Å². The van der Waals surface area contributed by atoms with Crippen LogP contribution >= 0.6 is 27.3 Å². The molecule has 1 heterocycles. The highest BCUT2D eigenvalue weighted by Crippen LogP contribution is 2.25. The number of hydrogen-bond donors (Lipinski definition) is 2. The van der Waals surface area contributed by atoms with Crippen LogP contribution in [-0.2, 0) is 21.2 Å². The zero-order valence-electron chi connectivity index (χ0n) is 10.3. The number of halogens is 1. The molecule has 20 heavy (non-hydrogen) atoms. The van der Waals surface area contributed by atoms with Gasteiger partial charge >= 0.3 is 0 Å². The normalized spacial score (nSPS) is 11.7. The fourth-order valence-corrected chi connectivity index (χ4v) is 3.46. The van der Waals surface area contributed by atoms with Gasteiger partial charge in [0.2, 0.25) is 15.9 Å². The summed E-state index contributed by atoms with van der Waals surface area (Å²) in [7, 11) is -3.55. The number of fused-ring (bicyclic) bond motifs is 1. The minimum absolute atomic E-state index is 0.00805. The molecule has 6 nitrogen and oxygen atoms in total. The Morgan fingerprint density at radius 3 is 2.90 bits per heavy atom. The number of primary sulfonamides is 1.